The molecule has 0 aliphatic carbocycles. The van der Waals surface area contributed by atoms with Crippen molar-refractivity contribution in [3.05, 3.63) is 59.2 Å². The van der Waals surface area contributed by atoms with E-state index < -0.39 is 4.92 Å². The van der Waals surface area contributed by atoms with Gasteiger partial charge in [0.2, 0.25) is 0 Å². The lowest BCUT2D eigenvalue weighted by Gasteiger charge is -2.08. The number of aromatic nitrogens is 2. The first-order valence-electron chi connectivity index (χ1n) is 7.93. The summed E-state index contributed by atoms with van der Waals surface area (Å²) in [7, 11) is 1.53. The van der Waals surface area contributed by atoms with Crippen LogP contribution in [0, 0.1) is 10.1 Å². The van der Waals surface area contributed by atoms with Crippen molar-refractivity contribution in [1.82, 2.24) is 9.55 Å². The van der Waals surface area contributed by atoms with Crippen LogP contribution in [-0.2, 0) is 7.05 Å². The predicted molar refractivity (Wildman–Crippen MR) is 97.1 cm³/mol. The van der Waals surface area contributed by atoms with Crippen molar-refractivity contribution in [2.45, 2.75) is 19.8 Å². The highest BCUT2D eigenvalue weighted by Crippen LogP contribution is 2.19. The largest absolute Gasteiger partial charge is 0.434 e. The Balaban J connectivity index is 2.16. The van der Waals surface area contributed by atoms with Gasteiger partial charge in [0.15, 0.2) is 0 Å². The van der Waals surface area contributed by atoms with E-state index in [9.17, 15) is 10.1 Å². The van der Waals surface area contributed by atoms with Gasteiger partial charge in [-0.25, -0.2) is 14.5 Å². The van der Waals surface area contributed by atoms with E-state index in [-0.39, 0.29) is 17.5 Å². The Hall–Kier alpha value is -3.16. The van der Waals surface area contributed by atoms with Crippen LogP contribution in [0.25, 0.3) is 0 Å². The van der Waals surface area contributed by atoms with Crippen LogP contribution in [0.2, 0.25) is 0 Å². The first-order chi connectivity index (χ1) is 12.1. The number of imidazole rings is 1. The van der Waals surface area contributed by atoms with E-state index in [1.54, 1.807) is 12.1 Å². The fourth-order valence-electron chi connectivity index (χ4n) is 2.14. The summed E-state index contributed by atoms with van der Waals surface area (Å²) in [6.07, 6.45) is 4.70. The second-order valence-electron chi connectivity index (χ2n) is 5.28. The zero-order chi connectivity index (χ0) is 18.2. The van der Waals surface area contributed by atoms with E-state index in [0.717, 1.165) is 31.3 Å². The number of nitrogens with zero attached hydrogens (tertiary/aromatic N) is 4. The third-order valence-electron chi connectivity index (χ3n) is 3.48. The summed E-state index contributed by atoms with van der Waals surface area (Å²) in [6.45, 7) is 6.60. The molecule has 0 unspecified atom stereocenters. The van der Waals surface area contributed by atoms with Crippen LogP contribution >= 0.6 is 0 Å². The zero-order valence-corrected chi connectivity index (χ0v) is 14.3. The van der Waals surface area contributed by atoms with Crippen LogP contribution in [0.1, 0.15) is 25.6 Å². The maximum Gasteiger partial charge on any atom is 0.343 e. The Kier molecular flexibility index (Phi) is 6.27. The van der Waals surface area contributed by atoms with Gasteiger partial charge in [0.25, 0.3) is 11.7 Å². The average molecular weight is 343 g/mol. The average Bonchev–Trinajstić information content (AvgIpc) is 2.98. The molecule has 8 nitrogen and oxygen atoms in total. The number of nitrogens with one attached hydrogen (secondary N) is 1. The van der Waals surface area contributed by atoms with Crippen LogP contribution in [-0.4, -0.2) is 26.9 Å². The molecule has 2 rings (SSSR count). The van der Waals surface area contributed by atoms with Gasteiger partial charge in [0.05, 0.1) is 7.05 Å². The number of hydrogen-bond acceptors (Lipinski definition) is 6. The smallest absolute Gasteiger partial charge is 0.343 e. The van der Waals surface area contributed by atoms with Gasteiger partial charge in [-0.3, -0.25) is 0 Å². The molecule has 0 saturated carbocycles. The summed E-state index contributed by atoms with van der Waals surface area (Å²) in [5.41, 5.74) is 0.996. The van der Waals surface area contributed by atoms with Gasteiger partial charge >= 0.3 is 5.82 Å². The Labute approximate surface area is 146 Å². The fraction of sp³-hybridized carbons (Fsp3) is 0.294. The molecule has 132 valence electrons. The van der Waals surface area contributed by atoms with Crippen molar-refractivity contribution < 1.29 is 9.66 Å². The summed E-state index contributed by atoms with van der Waals surface area (Å²) in [5, 5.41) is 14.3. The van der Waals surface area contributed by atoms with Crippen molar-refractivity contribution in [3.63, 3.8) is 0 Å². The second-order valence-corrected chi connectivity index (χ2v) is 5.28. The lowest BCUT2D eigenvalue weighted by Crippen LogP contribution is -2.16. The molecule has 8 heteroatoms. The molecule has 2 aromatic rings. The van der Waals surface area contributed by atoms with Crippen LogP contribution in [0.15, 0.2) is 48.2 Å². The van der Waals surface area contributed by atoms with Crippen molar-refractivity contribution in [2.24, 2.45) is 12.0 Å². The van der Waals surface area contributed by atoms with Gasteiger partial charge in [-0.1, -0.05) is 19.9 Å². The molecule has 0 aliphatic heterocycles. The minimum atomic E-state index is -0.515. The normalized spacial score (nSPS) is 11.2. The summed E-state index contributed by atoms with van der Waals surface area (Å²) in [5.74, 6) is 0.784. The molecule has 0 radical (unpaired) electrons. The van der Waals surface area contributed by atoms with Gasteiger partial charge < -0.3 is 20.2 Å². The Morgan fingerprint density at radius 2 is 2.20 bits per heavy atom. The van der Waals surface area contributed by atoms with Gasteiger partial charge in [-0.05, 0) is 35.6 Å². The number of ether oxygens (including phenoxy) is 1. The molecule has 0 fully saturated rings. The van der Waals surface area contributed by atoms with E-state index in [1.807, 2.05) is 12.1 Å². The van der Waals surface area contributed by atoms with Crippen LogP contribution in [0.3, 0.4) is 0 Å². The maximum atomic E-state index is 11.0. The topological polar surface area (TPSA) is 94.6 Å². The van der Waals surface area contributed by atoms with E-state index in [1.165, 1.54) is 17.8 Å². The molecule has 0 amide bonds. The number of rotatable bonds is 8. The van der Waals surface area contributed by atoms with E-state index in [4.69, 9.17) is 4.74 Å². The summed E-state index contributed by atoms with van der Waals surface area (Å²) >= 11 is 0. The summed E-state index contributed by atoms with van der Waals surface area (Å²) in [6, 6.07) is 7.39. The molecule has 1 aromatic carbocycles. The van der Waals surface area contributed by atoms with Gasteiger partial charge in [0, 0.05) is 18.4 Å². The van der Waals surface area contributed by atoms with E-state index in [0.29, 0.717) is 5.75 Å². The molecule has 1 N–H and O–H groups in total. The maximum absolute atomic E-state index is 11.0. The highest BCUT2D eigenvalue weighted by molar-refractivity contribution is 5.93. The molecule has 0 saturated heterocycles. The molecule has 0 spiro atoms. The summed E-state index contributed by atoms with van der Waals surface area (Å²) < 4.78 is 7.05. The highest BCUT2D eigenvalue weighted by Gasteiger charge is 2.22. The molecular weight excluding hydrogens is 322 g/mol. The summed E-state index contributed by atoms with van der Waals surface area (Å²) in [4.78, 5) is 18.5. The molecule has 0 bridgehead atoms. The second kappa shape index (κ2) is 8.62. The van der Waals surface area contributed by atoms with Crippen molar-refractivity contribution in [1.29, 1.82) is 0 Å². The number of aliphatic imine (C=N–C) groups is 1. The molecule has 0 aliphatic rings. The Morgan fingerprint density at radius 1 is 1.48 bits per heavy atom. The standard InChI is InChI=1S/C17H21N5O3/c1-4-6-11-19-13-7-9-14(10-8-13)25-17(18-5-2)16-20-12-15(21(16)3)22(23)24/h5,7-10,12,19H,2,4,6,11H2,1,3H3. The predicted octanol–water partition coefficient (Wildman–Crippen LogP) is 3.51. The first-order valence-corrected chi connectivity index (χ1v) is 7.93. The minimum absolute atomic E-state index is 0.136. The molecule has 25 heavy (non-hydrogen) atoms. The van der Waals surface area contributed by atoms with Crippen molar-refractivity contribution >= 4 is 17.4 Å². The SMILES string of the molecule is C=CN=C(Oc1ccc(NCCCC)cc1)c1ncc([N+](=O)[O-])n1C. The fourth-order valence-corrected chi connectivity index (χ4v) is 2.14. The number of nitro groups is 1. The first kappa shape index (κ1) is 18.2. The Morgan fingerprint density at radius 3 is 2.76 bits per heavy atom. The minimum Gasteiger partial charge on any atom is -0.434 e. The van der Waals surface area contributed by atoms with E-state index in [2.05, 4.69) is 28.8 Å². The van der Waals surface area contributed by atoms with Crippen LogP contribution in [0.5, 0.6) is 5.75 Å². The van der Waals surface area contributed by atoms with Crippen LogP contribution in [0.4, 0.5) is 11.5 Å². The molecule has 1 heterocycles. The zero-order valence-electron chi connectivity index (χ0n) is 14.3. The lowest BCUT2D eigenvalue weighted by molar-refractivity contribution is -0.391. The van der Waals surface area contributed by atoms with E-state index >= 15 is 0 Å². The number of hydrogen-bond donors (Lipinski definition) is 1. The third kappa shape index (κ3) is 4.66. The van der Waals surface area contributed by atoms with Gasteiger partial charge in [0.1, 0.15) is 11.9 Å². The molecule has 1 aromatic heterocycles. The molecule has 0 atom stereocenters. The number of benzene rings is 1. The lowest BCUT2D eigenvalue weighted by atomic mass is 10.3. The van der Waals surface area contributed by atoms with Gasteiger partial charge in [-0.15, -0.1) is 0 Å². The monoisotopic (exact) mass is 343 g/mol. The van der Waals surface area contributed by atoms with Gasteiger partial charge in [-0.2, -0.15) is 0 Å². The quantitative estimate of drug-likeness (QED) is 0.260. The van der Waals surface area contributed by atoms with Crippen molar-refractivity contribution in [2.75, 3.05) is 11.9 Å². The molecular formula is C17H21N5O3. The highest BCUT2D eigenvalue weighted by atomic mass is 16.6. The third-order valence-corrected chi connectivity index (χ3v) is 3.48. The number of unbranched alkanes of at least 4 members (excludes halogenated alkanes) is 1. The Bertz CT molecular complexity index is 765. The van der Waals surface area contributed by atoms with Crippen LogP contribution < -0.4 is 10.1 Å². The number of anilines is 1. The van der Waals surface area contributed by atoms with Crippen molar-refractivity contribution in [3.8, 4) is 5.75 Å².